The molecule has 0 fully saturated rings. The number of rotatable bonds is 8. The molecule has 0 saturated heterocycles. The zero-order valence-corrected chi connectivity index (χ0v) is 12.6. The molecule has 1 rings (SSSR count). The Balaban J connectivity index is 2.57. The van der Waals surface area contributed by atoms with Gasteiger partial charge in [-0.25, -0.2) is 0 Å². The molecular formula is C15H23NO4. The second-order valence-corrected chi connectivity index (χ2v) is 4.48. The van der Waals surface area contributed by atoms with Gasteiger partial charge in [0.2, 0.25) is 5.91 Å². The van der Waals surface area contributed by atoms with Gasteiger partial charge in [-0.1, -0.05) is 0 Å². The van der Waals surface area contributed by atoms with Crippen molar-refractivity contribution in [2.45, 2.75) is 19.8 Å². The average molecular weight is 281 g/mol. The van der Waals surface area contributed by atoms with Crippen molar-refractivity contribution in [3.8, 4) is 11.5 Å². The number of methoxy groups -OCH3 is 3. The number of amides is 1. The molecule has 1 aromatic rings. The van der Waals surface area contributed by atoms with Crippen LogP contribution in [0, 0.1) is 6.92 Å². The minimum atomic E-state index is 0.00461. The zero-order valence-electron chi connectivity index (χ0n) is 12.6. The summed E-state index contributed by atoms with van der Waals surface area (Å²) >= 11 is 0. The largest absolute Gasteiger partial charge is 0.493 e. The van der Waals surface area contributed by atoms with Gasteiger partial charge >= 0.3 is 0 Å². The Morgan fingerprint density at radius 3 is 2.40 bits per heavy atom. The fraction of sp³-hybridized carbons (Fsp3) is 0.533. The lowest BCUT2D eigenvalue weighted by atomic mass is 10.0. The maximum atomic E-state index is 11.5. The van der Waals surface area contributed by atoms with Gasteiger partial charge in [0.25, 0.3) is 0 Å². The lowest BCUT2D eigenvalue weighted by Gasteiger charge is -2.13. The van der Waals surface area contributed by atoms with Gasteiger partial charge in [-0.2, -0.15) is 0 Å². The van der Waals surface area contributed by atoms with Crippen molar-refractivity contribution in [3.05, 3.63) is 23.3 Å². The first kappa shape index (κ1) is 16.3. The lowest BCUT2D eigenvalue weighted by molar-refractivity contribution is -0.121. The monoisotopic (exact) mass is 281 g/mol. The van der Waals surface area contributed by atoms with Gasteiger partial charge in [0, 0.05) is 20.1 Å². The average Bonchev–Trinajstić information content (AvgIpc) is 2.46. The second kappa shape index (κ2) is 8.43. The van der Waals surface area contributed by atoms with Gasteiger partial charge in [0.05, 0.1) is 20.8 Å². The Hall–Kier alpha value is -1.75. The Kier molecular flexibility index (Phi) is 6.87. The van der Waals surface area contributed by atoms with Gasteiger partial charge in [-0.15, -0.1) is 0 Å². The Morgan fingerprint density at radius 2 is 1.80 bits per heavy atom. The van der Waals surface area contributed by atoms with Gasteiger partial charge in [-0.3, -0.25) is 4.79 Å². The van der Waals surface area contributed by atoms with Crippen molar-refractivity contribution < 1.29 is 19.0 Å². The van der Waals surface area contributed by atoms with Crippen LogP contribution in [-0.2, 0) is 16.0 Å². The maximum Gasteiger partial charge on any atom is 0.222 e. The number of carbonyl (C=O) groups is 1. The van der Waals surface area contributed by atoms with Crippen molar-refractivity contribution in [2.24, 2.45) is 0 Å². The van der Waals surface area contributed by atoms with Crippen LogP contribution in [-0.4, -0.2) is 40.4 Å². The predicted molar refractivity (Wildman–Crippen MR) is 77.5 cm³/mol. The van der Waals surface area contributed by atoms with Crippen LogP contribution in [0.4, 0.5) is 0 Å². The fourth-order valence-corrected chi connectivity index (χ4v) is 1.91. The van der Waals surface area contributed by atoms with Gasteiger partial charge < -0.3 is 19.5 Å². The third-order valence-corrected chi connectivity index (χ3v) is 3.09. The highest BCUT2D eigenvalue weighted by molar-refractivity contribution is 5.75. The summed E-state index contributed by atoms with van der Waals surface area (Å²) in [5.41, 5.74) is 2.25. The third-order valence-electron chi connectivity index (χ3n) is 3.09. The predicted octanol–water partition coefficient (Wildman–Crippen LogP) is 1.71. The molecule has 0 aromatic heterocycles. The lowest BCUT2D eigenvalue weighted by Crippen LogP contribution is -2.26. The molecule has 1 amide bonds. The highest BCUT2D eigenvalue weighted by Gasteiger charge is 2.09. The summed E-state index contributed by atoms with van der Waals surface area (Å²) in [5, 5.41) is 2.87. The Morgan fingerprint density at radius 1 is 1.15 bits per heavy atom. The molecule has 0 aliphatic heterocycles. The third kappa shape index (κ3) is 4.74. The number of ether oxygens (including phenoxy) is 3. The normalized spacial score (nSPS) is 10.2. The van der Waals surface area contributed by atoms with Gasteiger partial charge in [-0.05, 0) is 36.6 Å². The summed E-state index contributed by atoms with van der Waals surface area (Å²) in [4.78, 5) is 11.5. The SMILES string of the molecule is COCCC(=O)NCCc1cc(OC)c(OC)cc1C. The summed E-state index contributed by atoms with van der Waals surface area (Å²) in [6, 6.07) is 3.90. The van der Waals surface area contributed by atoms with Crippen LogP contribution in [0.25, 0.3) is 0 Å². The van der Waals surface area contributed by atoms with E-state index in [1.807, 2.05) is 19.1 Å². The number of hydrogen-bond donors (Lipinski definition) is 1. The summed E-state index contributed by atoms with van der Waals surface area (Å²) in [6.07, 6.45) is 1.15. The van der Waals surface area contributed by atoms with E-state index >= 15 is 0 Å². The molecule has 5 heteroatoms. The van der Waals surface area contributed by atoms with E-state index < -0.39 is 0 Å². The molecule has 0 heterocycles. The van der Waals surface area contributed by atoms with Crippen LogP contribution in [0.15, 0.2) is 12.1 Å². The van der Waals surface area contributed by atoms with E-state index in [1.165, 1.54) is 0 Å². The van der Waals surface area contributed by atoms with Crippen LogP contribution in [0.1, 0.15) is 17.5 Å². The molecule has 0 saturated carbocycles. The summed E-state index contributed by atoms with van der Waals surface area (Å²) in [7, 11) is 4.82. The van der Waals surface area contributed by atoms with E-state index in [-0.39, 0.29) is 5.91 Å². The van der Waals surface area contributed by atoms with Crippen LogP contribution >= 0.6 is 0 Å². The van der Waals surface area contributed by atoms with Crippen molar-refractivity contribution in [2.75, 3.05) is 34.5 Å². The summed E-state index contributed by atoms with van der Waals surface area (Å²) < 4.78 is 15.4. The number of benzene rings is 1. The first-order valence-corrected chi connectivity index (χ1v) is 6.59. The molecule has 0 aliphatic rings. The Bertz CT molecular complexity index is 446. The molecular weight excluding hydrogens is 258 g/mol. The molecule has 20 heavy (non-hydrogen) atoms. The molecule has 112 valence electrons. The minimum Gasteiger partial charge on any atom is -0.493 e. The van der Waals surface area contributed by atoms with Crippen LogP contribution in [0.5, 0.6) is 11.5 Å². The van der Waals surface area contributed by atoms with Crippen LogP contribution < -0.4 is 14.8 Å². The zero-order chi connectivity index (χ0) is 15.0. The molecule has 0 bridgehead atoms. The highest BCUT2D eigenvalue weighted by Crippen LogP contribution is 2.30. The quantitative estimate of drug-likeness (QED) is 0.788. The summed E-state index contributed by atoms with van der Waals surface area (Å²) in [6.45, 7) is 3.06. The summed E-state index contributed by atoms with van der Waals surface area (Å²) in [5.74, 6) is 1.43. The number of carbonyl (C=O) groups excluding carboxylic acids is 1. The van der Waals surface area contributed by atoms with Gasteiger partial charge in [0.1, 0.15) is 0 Å². The topological polar surface area (TPSA) is 56.8 Å². The number of nitrogens with one attached hydrogen (secondary N) is 1. The number of hydrogen-bond acceptors (Lipinski definition) is 4. The van der Waals surface area contributed by atoms with E-state index in [9.17, 15) is 4.79 Å². The molecule has 5 nitrogen and oxygen atoms in total. The molecule has 0 unspecified atom stereocenters. The van der Waals surface area contributed by atoms with E-state index in [0.717, 1.165) is 23.3 Å². The number of aryl methyl sites for hydroxylation is 1. The highest BCUT2D eigenvalue weighted by atomic mass is 16.5. The standard InChI is InChI=1S/C15H23NO4/c1-11-9-13(19-3)14(20-4)10-12(11)5-7-16-15(17)6-8-18-2/h9-10H,5-8H2,1-4H3,(H,16,17). The van der Waals surface area contributed by atoms with Crippen molar-refractivity contribution >= 4 is 5.91 Å². The molecule has 0 radical (unpaired) electrons. The maximum absolute atomic E-state index is 11.5. The molecule has 0 spiro atoms. The van der Waals surface area contributed by atoms with E-state index in [1.54, 1.807) is 21.3 Å². The van der Waals surface area contributed by atoms with E-state index in [0.29, 0.717) is 25.3 Å². The first-order valence-electron chi connectivity index (χ1n) is 6.59. The smallest absolute Gasteiger partial charge is 0.222 e. The van der Waals surface area contributed by atoms with Crippen molar-refractivity contribution in [1.29, 1.82) is 0 Å². The minimum absolute atomic E-state index is 0.00461. The molecule has 1 aromatic carbocycles. The van der Waals surface area contributed by atoms with Crippen molar-refractivity contribution in [3.63, 3.8) is 0 Å². The van der Waals surface area contributed by atoms with Crippen LogP contribution in [0.2, 0.25) is 0 Å². The molecule has 1 N–H and O–H groups in total. The molecule has 0 atom stereocenters. The second-order valence-electron chi connectivity index (χ2n) is 4.48. The van der Waals surface area contributed by atoms with E-state index in [4.69, 9.17) is 14.2 Å². The van der Waals surface area contributed by atoms with Gasteiger partial charge in [0.15, 0.2) is 11.5 Å². The van der Waals surface area contributed by atoms with Crippen LogP contribution in [0.3, 0.4) is 0 Å². The Labute approximate surface area is 120 Å². The fourth-order valence-electron chi connectivity index (χ4n) is 1.91. The first-order chi connectivity index (χ1) is 9.62. The molecule has 0 aliphatic carbocycles. The van der Waals surface area contributed by atoms with E-state index in [2.05, 4.69) is 5.32 Å². The van der Waals surface area contributed by atoms with Crippen molar-refractivity contribution in [1.82, 2.24) is 5.32 Å².